The third-order valence-electron chi connectivity index (χ3n) is 2.67. The van der Waals surface area contributed by atoms with Gasteiger partial charge in [-0.05, 0) is 23.2 Å². The maximum atomic E-state index is 10.7. The lowest BCUT2D eigenvalue weighted by Crippen LogP contribution is -2.32. The van der Waals surface area contributed by atoms with Crippen LogP contribution in [-0.4, -0.2) is 22.1 Å². The Balaban J connectivity index is 2.42. The number of hydrogen-bond donors (Lipinski definition) is 3. The average molecular weight is 245 g/mol. The molecule has 1 heterocycles. The number of nitrogens with zero attached hydrogens (tertiary/aromatic N) is 3. The summed E-state index contributed by atoms with van der Waals surface area (Å²) in [6.07, 6.45) is 1.93. The second-order valence-electron chi connectivity index (χ2n) is 3.88. The fourth-order valence-electron chi connectivity index (χ4n) is 1.77. The molecule has 1 atom stereocenters. The molecule has 0 amide bonds. The average Bonchev–Trinajstić information content (AvgIpc) is 2.72. The van der Waals surface area contributed by atoms with Crippen molar-refractivity contribution in [3.05, 3.63) is 40.4 Å². The van der Waals surface area contributed by atoms with E-state index in [1.54, 1.807) is 24.4 Å². The highest BCUT2D eigenvalue weighted by Gasteiger charge is 2.14. The number of benzene rings is 1. The first-order chi connectivity index (χ1) is 8.61. The summed E-state index contributed by atoms with van der Waals surface area (Å²) in [5.74, 6) is -1.05. The maximum absolute atomic E-state index is 10.7. The second kappa shape index (κ2) is 4.79. The monoisotopic (exact) mass is 245 g/mol. The topological polar surface area (TPSA) is 128 Å². The van der Waals surface area contributed by atoms with Crippen LogP contribution in [0, 0.1) is 0 Å². The van der Waals surface area contributed by atoms with Crippen LogP contribution in [0.3, 0.4) is 0 Å². The molecule has 7 heteroatoms. The van der Waals surface area contributed by atoms with Gasteiger partial charge in [-0.2, -0.15) is 0 Å². The first kappa shape index (κ1) is 12.0. The molecular weight excluding hydrogens is 234 g/mol. The van der Waals surface area contributed by atoms with Gasteiger partial charge in [-0.3, -0.25) is 4.79 Å². The lowest BCUT2D eigenvalue weighted by atomic mass is 10.1. The van der Waals surface area contributed by atoms with Crippen LogP contribution in [0.5, 0.6) is 0 Å². The molecule has 18 heavy (non-hydrogen) atoms. The summed E-state index contributed by atoms with van der Waals surface area (Å²) < 4.78 is 0. The van der Waals surface area contributed by atoms with Gasteiger partial charge in [0.1, 0.15) is 6.04 Å². The molecule has 0 aliphatic rings. The SMILES string of the molecule is [N-]=[N+]=Nc1ccc2[nH]cc(C[C@H](N)C(=O)O)c2c1. The molecule has 0 aliphatic heterocycles. The van der Waals surface area contributed by atoms with E-state index in [0.29, 0.717) is 5.69 Å². The first-order valence-corrected chi connectivity index (χ1v) is 5.25. The zero-order valence-electron chi connectivity index (χ0n) is 9.37. The predicted octanol–water partition coefficient (Wildman–Crippen LogP) is 2.06. The van der Waals surface area contributed by atoms with Crippen molar-refractivity contribution in [2.75, 3.05) is 0 Å². The van der Waals surface area contributed by atoms with E-state index in [0.717, 1.165) is 16.5 Å². The van der Waals surface area contributed by atoms with Gasteiger partial charge >= 0.3 is 5.97 Å². The van der Waals surface area contributed by atoms with Crippen LogP contribution in [0.25, 0.3) is 21.3 Å². The minimum atomic E-state index is -1.05. The first-order valence-electron chi connectivity index (χ1n) is 5.25. The van der Waals surface area contributed by atoms with Gasteiger partial charge < -0.3 is 15.8 Å². The minimum absolute atomic E-state index is 0.217. The maximum Gasteiger partial charge on any atom is 0.320 e. The fourth-order valence-corrected chi connectivity index (χ4v) is 1.77. The zero-order chi connectivity index (χ0) is 13.1. The third kappa shape index (κ3) is 2.27. The summed E-state index contributed by atoms with van der Waals surface area (Å²) in [4.78, 5) is 16.5. The standard InChI is InChI=1S/C11H11N5O2/c12-9(11(17)18)3-6-5-14-10-2-1-7(15-16-13)4-8(6)10/h1-2,4-5,9,14H,3,12H2,(H,17,18)/t9-/m0/s1. The largest absolute Gasteiger partial charge is 0.480 e. The summed E-state index contributed by atoms with van der Waals surface area (Å²) in [6.45, 7) is 0. The Morgan fingerprint density at radius 2 is 2.39 bits per heavy atom. The number of carboxylic acids is 1. The Morgan fingerprint density at radius 3 is 3.06 bits per heavy atom. The predicted molar refractivity (Wildman–Crippen MR) is 66.4 cm³/mol. The summed E-state index contributed by atoms with van der Waals surface area (Å²) in [5, 5.41) is 13.1. The highest BCUT2D eigenvalue weighted by molar-refractivity contribution is 5.86. The number of carboxylic acid groups (broad SMARTS) is 1. The van der Waals surface area contributed by atoms with Crippen LogP contribution >= 0.6 is 0 Å². The van der Waals surface area contributed by atoms with Crippen LogP contribution in [0.15, 0.2) is 29.5 Å². The quantitative estimate of drug-likeness (QED) is 0.433. The molecule has 0 radical (unpaired) electrons. The van der Waals surface area contributed by atoms with Gasteiger partial charge in [-0.15, -0.1) is 0 Å². The molecule has 0 saturated carbocycles. The molecule has 1 aromatic carbocycles. The van der Waals surface area contributed by atoms with Crippen LogP contribution < -0.4 is 5.73 Å². The van der Waals surface area contributed by atoms with E-state index in [2.05, 4.69) is 15.0 Å². The number of carbonyl (C=O) groups is 1. The molecule has 0 spiro atoms. The summed E-state index contributed by atoms with van der Waals surface area (Å²) in [6, 6.07) is 4.21. The van der Waals surface area contributed by atoms with E-state index in [1.165, 1.54) is 0 Å². The molecule has 0 bridgehead atoms. The van der Waals surface area contributed by atoms with Crippen molar-refractivity contribution >= 4 is 22.6 Å². The van der Waals surface area contributed by atoms with Crippen molar-refractivity contribution in [1.82, 2.24) is 4.98 Å². The molecule has 0 fully saturated rings. The molecular formula is C11H11N5O2. The molecule has 1 aromatic heterocycles. The van der Waals surface area contributed by atoms with Gasteiger partial charge in [0, 0.05) is 34.1 Å². The number of nitrogens with one attached hydrogen (secondary N) is 1. The van der Waals surface area contributed by atoms with Crippen molar-refractivity contribution < 1.29 is 9.90 Å². The van der Waals surface area contributed by atoms with Crippen LogP contribution in [0.4, 0.5) is 5.69 Å². The van der Waals surface area contributed by atoms with Crippen molar-refractivity contribution in [3.8, 4) is 0 Å². The molecule has 92 valence electrons. The molecule has 2 aromatic rings. The second-order valence-corrected chi connectivity index (χ2v) is 3.88. The van der Waals surface area contributed by atoms with Gasteiger partial charge in [0.25, 0.3) is 0 Å². The Kier molecular flexibility index (Phi) is 3.18. The van der Waals surface area contributed by atoms with E-state index in [4.69, 9.17) is 16.4 Å². The Bertz CT molecular complexity index is 642. The Morgan fingerprint density at radius 1 is 1.61 bits per heavy atom. The molecule has 7 nitrogen and oxygen atoms in total. The van der Waals surface area contributed by atoms with Crippen molar-refractivity contribution in [1.29, 1.82) is 0 Å². The lowest BCUT2D eigenvalue weighted by molar-refractivity contribution is -0.138. The van der Waals surface area contributed by atoms with E-state index < -0.39 is 12.0 Å². The number of azide groups is 1. The Labute approximate surface area is 102 Å². The van der Waals surface area contributed by atoms with E-state index >= 15 is 0 Å². The number of hydrogen-bond acceptors (Lipinski definition) is 3. The van der Waals surface area contributed by atoms with Crippen LogP contribution in [0.2, 0.25) is 0 Å². The molecule has 2 rings (SSSR count). The van der Waals surface area contributed by atoms with E-state index in [-0.39, 0.29) is 6.42 Å². The summed E-state index contributed by atoms with van der Waals surface area (Å²) in [5.41, 5.74) is 16.0. The van der Waals surface area contributed by atoms with Gasteiger partial charge in [-0.1, -0.05) is 11.2 Å². The van der Waals surface area contributed by atoms with Gasteiger partial charge in [-0.25, -0.2) is 0 Å². The molecule has 4 N–H and O–H groups in total. The van der Waals surface area contributed by atoms with Crippen molar-refractivity contribution in [2.24, 2.45) is 10.8 Å². The Hall–Kier alpha value is -2.50. The highest BCUT2D eigenvalue weighted by Crippen LogP contribution is 2.24. The number of H-pyrrole nitrogens is 1. The lowest BCUT2D eigenvalue weighted by Gasteiger charge is -2.04. The normalized spacial score (nSPS) is 12.1. The molecule has 0 saturated heterocycles. The van der Waals surface area contributed by atoms with Gasteiger partial charge in [0.15, 0.2) is 0 Å². The number of fused-ring (bicyclic) bond motifs is 1. The van der Waals surface area contributed by atoms with Crippen molar-refractivity contribution in [2.45, 2.75) is 12.5 Å². The molecule has 0 unspecified atom stereocenters. The third-order valence-corrected chi connectivity index (χ3v) is 2.67. The summed E-state index contributed by atoms with van der Waals surface area (Å²) in [7, 11) is 0. The summed E-state index contributed by atoms with van der Waals surface area (Å²) >= 11 is 0. The fraction of sp³-hybridized carbons (Fsp3) is 0.182. The number of nitrogens with two attached hydrogens (primary N) is 1. The number of aliphatic carboxylic acids is 1. The number of aromatic nitrogens is 1. The van der Waals surface area contributed by atoms with E-state index in [1.807, 2.05) is 0 Å². The number of aromatic amines is 1. The zero-order valence-corrected chi connectivity index (χ0v) is 9.37. The molecule has 0 aliphatic carbocycles. The smallest absolute Gasteiger partial charge is 0.320 e. The number of rotatable bonds is 4. The highest BCUT2D eigenvalue weighted by atomic mass is 16.4. The van der Waals surface area contributed by atoms with Gasteiger partial charge in [0.2, 0.25) is 0 Å². The van der Waals surface area contributed by atoms with Crippen molar-refractivity contribution in [3.63, 3.8) is 0 Å². The van der Waals surface area contributed by atoms with Gasteiger partial charge in [0.05, 0.1) is 0 Å². The van der Waals surface area contributed by atoms with Crippen LogP contribution in [0.1, 0.15) is 5.56 Å². The minimum Gasteiger partial charge on any atom is -0.480 e. The van der Waals surface area contributed by atoms with Crippen LogP contribution in [-0.2, 0) is 11.2 Å². The van der Waals surface area contributed by atoms with E-state index in [9.17, 15) is 4.79 Å².